The number of anilines is 1. The van der Waals surface area contributed by atoms with Crippen LogP contribution in [0.5, 0.6) is 0 Å². The first kappa shape index (κ1) is 21.0. The van der Waals surface area contributed by atoms with Crippen molar-refractivity contribution in [2.75, 3.05) is 17.6 Å². The van der Waals surface area contributed by atoms with Gasteiger partial charge in [-0.2, -0.15) is 0 Å². The Morgan fingerprint density at radius 3 is 2.09 bits per heavy atom. The number of amides is 3. The summed E-state index contributed by atoms with van der Waals surface area (Å²) in [6, 6.07) is 28.0. The Hall–Kier alpha value is -3.90. The summed E-state index contributed by atoms with van der Waals surface area (Å²) >= 11 is 1.56. The van der Waals surface area contributed by atoms with E-state index in [9.17, 15) is 14.4 Å². The fourth-order valence-electron chi connectivity index (χ4n) is 3.87. The number of imide groups is 1. The molecule has 0 aromatic heterocycles. The molecule has 1 aliphatic heterocycles. The van der Waals surface area contributed by atoms with Crippen LogP contribution in [0, 0.1) is 0 Å². The maximum absolute atomic E-state index is 12.6. The molecule has 0 saturated heterocycles. The third-order valence-corrected chi connectivity index (χ3v) is 6.58. The topological polar surface area (TPSA) is 66.5 Å². The highest BCUT2D eigenvalue weighted by atomic mass is 32.2. The number of nitrogens with one attached hydrogen (secondary N) is 1. The van der Waals surface area contributed by atoms with E-state index in [1.807, 2.05) is 66.7 Å². The van der Waals surface area contributed by atoms with Gasteiger partial charge in [0.25, 0.3) is 17.7 Å². The van der Waals surface area contributed by atoms with E-state index in [-0.39, 0.29) is 17.7 Å². The molecule has 4 aromatic rings. The van der Waals surface area contributed by atoms with Crippen molar-refractivity contribution < 1.29 is 14.4 Å². The van der Waals surface area contributed by atoms with Gasteiger partial charge in [-0.15, -0.1) is 11.8 Å². The molecule has 0 unspecified atom stereocenters. The van der Waals surface area contributed by atoms with Crippen molar-refractivity contribution in [2.24, 2.45) is 0 Å². The highest BCUT2D eigenvalue weighted by molar-refractivity contribution is 7.99. The second-order valence-corrected chi connectivity index (χ2v) is 8.86. The zero-order chi connectivity index (χ0) is 22.8. The third kappa shape index (κ3) is 4.25. The fraction of sp³-hybridized carbons (Fsp3) is 0.0741. The van der Waals surface area contributed by atoms with E-state index in [2.05, 4.69) is 5.32 Å². The largest absolute Gasteiger partial charge is 0.322 e. The van der Waals surface area contributed by atoms with Crippen LogP contribution in [-0.4, -0.2) is 34.9 Å². The quantitative estimate of drug-likeness (QED) is 0.311. The van der Waals surface area contributed by atoms with Gasteiger partial charge in [0.15, 0.2) is 0 Å². The van der Waals surface area contributed by atoms with Crippen LogP contribution < -0.4 is 5.32 Å². The van der Waals surface area contributed by atoms with Gasteiger partial charge in [0.1, 0.15) is 0 Å². The molecule has 162 valence electrons. The Morgan fingerprint density at radius 1 is 0.758 bits per heavy atom. The van der Waals surface area contributed by atoms with Gasteiger partial charge in [0, 0.05) is 28.4 Å². The van der Waals surface area contributed by atoms with Gasteiger partial charge in [-0.25, -0.2) is 0 Å². The minimum atomic E-state index is -0.233. The average Bonchev–Trinajstić information content (AvgIpc) is 3.10. The summed E-state index contributed by atoms with van der Waals surface area (Å²) in [4.78, 5) is 39.8. The van der Waals surface area contributed by atoms with Crippen LogP contribution in [0.4, 0.5) is 5.69 Å². The zero-order valence-electron chi connectivity index (χ0n) is 17.7. The first-order chi connectivity index (χ1) is 16.1. The number of benzene rings is 4. The lowest BCUT2D eigenvalue weighted by Crippen LogP contribution is -2.31. The zero-order valence-corrected chi connectivity index (χ0v) is 18.5. The Labute approximate surface area is 195 Å². The predicted molar refractivity (Wildman–Crippen MR) is 131 cm³/mol. The molecule has 5 rings (SSSR count). The Bertz CT molecular complexity index is 1350. The number of thioether (sulfide) groups is 1. The van der Waals surface area contributed by atoms with Crippen molar-refractivity contribution in [1.82, 2.24) is 4.90 Å². The van der Waals surface area contributed by atoms with Crippen molar-refractivity contribution >= 4 is 45.9 Å². The summed E-state index contributed by atoms with van der Waals surface area (Å²) in [5, 5.41) is 5.04. The molecule has 0 fully saturated rings. The Morgan fingerprint density at radius 2 is 1.39 bits per heavy atom. The van der Waals surface area contributed by atoms with Crippen LogP contribution in [0.25, 0.3) is 10.8 Å². The highest BCUT2D eigenvalue weighted by Crippen LogP contribution is 2.25. The van der Waals surface area contributed by atoms with Gasteiger partial charge in [-0.05, 0) is 59.3 Å². The molecule has 0 bridgehead atoms. The van der Waals surface area contributed by atoms with E-state index in [1.165, 1.54) is 4.90 Å². The first-order valence-electron chi connectivity index (χ1n) is 10.6. The molecule has 0 spiro atoms. The highest BCUT2D eigenvalue weighted by Gasteiger charge is 2.34. The minimum absolute atomic E-state index is 0.160. The molecule has 6 heteroatoms. The van der Waals surface area contributed by atoms with Gasteiger partial charge < -0.3 is 5.32 Å². The number of hydrogen-bond acceptors (Lipinski definition) is 4. The monoisotopic (exact) mass is 452 g/mol. The number of nitrogens with zero attached hydrogens (tertiary/aromatic N) is 1. The average molecular weight is 453 g/mol. The molecule has 5 nitrogen and oxygen atoms in total. The molecule has 1 aliphatic rings. The number of hydrogen-bond donors (Lipinski definition) is 1. The summed E-state index contributed by atoms with van der Waals surface area (Å²) in [5.41, 5.74) is 2.25. The maximum Gasteiger partial charge on any atom is 0.261 e. The lowest BCUT2D eigenvalue weighted by atomic mass is 10.1. The Balaban J connectivity index is 1.17. The van der Waals surface area contributed by atoms with E-state index in [0.717, 1.165) is 15.7 Å². The lowest BCUT2D eigenvalue weighted by molar-refractivity contribution is 0.0664. The standard InChI is InChI=1S/C27H20N2O3S/c30-25(20-10-9-18-5-1-2-6-19(18)17-20)28-21-11-13-22(14-12-21)33-16-15-29-26(31)23-7-3-4-8-24(23)27(29)32/h1-14,17H,15-16H2,(H,28,30). The normalized spacial score (nSPS) is 12.8. The maximum atomic E-state index is 12.6. The van der Waals surface area contributed by atoms with Gasteiger partial charge in [0.05, 0.1) is 11.1 Å². The molecular weight excluding hydrogens is 432 g/mol. The Kier molecular flexibility index (Phi) is 5.67. The smallest absolute Gasteiger partial charge is 0.261 e. The SMILES string of the molecule is O=C(Nc1ccc(SCCN2C(=O)c3ccccc3C2=O)cc1)c1ccc2ccccc2c1. The van der Waals surface area contributed by atoms with Gasteiger partial charge in [0.2, 0.25) is 0 Å². The van der Waals surface area contributed by atoms with Crippen LogP contribution in [0.2, 0.25) is 0 Å². The lowest BCUT2D eigenvalue weighted by Gasteiger charge is -2.13. The van der Waals surface area contributed by atoms with Gasteiger partial charge in [-0.1, -0.05) is 42.5 Å². The molecular formula is C27H20N2O3S. The summed E-state index contributed by atoms with van der Waals surface area (Å²) in [6.07, 6.45) is 0. The molecule has 0 radical (unpaired) electrons. The van der Waals surface area contributed by atoms with Crippen LogP contribution in [0.1, 0.15) is 31.1 Å². The summed E-state index contributed by atoms with van der Waals surface area (Å²) < 4.78 is 0. The van der Waals surface area contributed by atoms with Gasteiger partial charge >= 0.3 is 0 Å². The van der Waals surface area contributed by atoms with Crippen molar-refractivity contribution in [2.45, 2.75) is 4.90 Å². The van der Waals surface area contributed by atoms with E-state index in [0.29, 0.717) is 34.7 Å². The van der Waals surface area contributed by atoms with Crippen molar-refractivity contribution in [3.05, 3.63) is 108 Å². The molecule has 0 saturated carbocycles. The minimum Gasteiger partial charge on any atom is -0.322 e. The van der Waals surface area contributed by atoms with Crippen molar-refractivity contribution in [3.8, 4) is 0 Å². The summed E-state index contributed by atoms with van der Waals surface area (Å²) in [5.74, 6) is -0.0356. The van der Waals surface area contributed by atoms with Crippen LogP contribution in [-0.2, 0) is 0 Å². The van der Waals surface area contributed by atoms with Crippen molar-refractivity contribution in [3.63, 3.8) is 0 Å². The third-order valence-electron chi connectivity index (χ3n) is 5.59. The van der Waals surface area contributed by atoms with Crippen molar-refractivity contribution in [1.29, 1.82) is 0 Å². The number of carbonyl (C=O) groups excluding carboxylic acids is 3. The molecule has 0 atom stereocenters. The number of rotatable bonds is 6. The summed E-state index contributed by atoms with van der Waals surface area (Å²) in [6.45, 7) is 0.345. The molecule has 4 aromatic carbocycles. The fourth-order valence-corrected chi connectivity index (χ4v) is 4.70. The first-order valence-corrected chi connectivity index (χ1v) is 11.6. The molecule has 1 N–H and O–H groups in total. The molecule has 0 aliphatic carbocycles. The number of carbonyl (C=O) groups is 3. The van der Waals surface area contributed by atoms with E-state index < -0.39 is 0 Å². The molecule has 33 heavy (non-hydrogen) atoms. The second kappa shape index (κ2) is 8.92. The van der Waals surface area contributed by atoms with E-state index >= 15 is 0 Å². The van der Waals surface area contributed by atoms with Crippen LogP contribution in [0.15, 0.2) is 95.9 Å². The summed E-state index contributed by atoms with van der Waals surface area (Å²) in [7, 11) is 0. The van der Waals surface area contributed by atoms with Crippen LogP contribution in [0.3, 0.4) is 0 Å². The second-order valence-electron chi connectivity index (χ2n) is 7.70. The molecule has 3 amide bonds. The molecule has 1 heterocycles. The van der Waals surface area contributed by atoms with Crippen LogP contribution >= 0.6 is 11.8 Å². The number of fused-ring (bicyclic) bond motifs is 2. The van der Waals surface area contributed by atoms with E-state index in [4.69, 9.17) is 0 Å². The predicted octanol–water partition coefficient (Wildman–Crippen LogP) is 5.48. The van der Waals surface area contributed by atoms with Gasteiger partial charge in [-0.3, -0.25) is 19.3 Å². The van der Waals surface area contributed by atoms with E-state index in [1.54, 1.807) is 36.0 Å².